The first-order valence-electron chi connectivity index (χ1n) is 19.2. The number of benzene rings is 8. The van der Waals surface area contributed by atoms with Gasteiger partial charge in [0.1, 0.15) is 0 Å². The molecule has 51 heavy (non-hydrogen) atoms. The zero-order valence-electron chi connectivity index (χ0n) is 31.4. The van der Waals surface area contributed by atoms with E-state index in [4.69, 9.17) is 5.48 Å². The maximum Gasteiger partial charge on any atom is 0.0645 e. The van der Waals surface area contributed by atoms with Gasteiger partial charge in [-0.05, 0) is 72.3 Å². The summed E-state index contributed by atoms with van der Waals surface area (Å²) in [6, 6.07) is 56.6. The van der Waals surface area contributed by atoms with Gasteiger partial charge in [-0.3, -0.25) is 0 Å². The van der Waals surface area contributed by atoms with Crippen molar-refractivity contribution < 1.29 is 5.48 Å². The Morgan fingerprint density at radius 1 is 0.333 bits per heavy atom. The average molecular weight is 654 g/mol. The summed E-state index contributed by atoms with van der Waals surface area (Å²) < 4.78 is 41.5. The minimum absolute atomic E-state index is 0.0255. The Balaban J connectivity index is 1.14. The minimum atomic E-state index is -0.238. The molecule has 0 bridgehead atoms. The smallest absolute Gasteiger partial charge is 0.0645 e. The lowest BCUT2D eigenvalue weighted by Gasteiger charge is -2.16. The first-order valence-corrected chi connectivity index (χ1v) is 17.2. The van der Waals surface area contributed by atoms with Gasteiger partial charge in [0, 0.05) is 49.3 Å². The van der Waals surface area contributed by atoms with Crippen LogP contribution in [0.15, 0.2) is 188 Å². The summed E-state index contributed by atoms with van der Waals surface area (Å²) in [6.07, 6.45) is 0. The van der Waals surface area contributed by atoms with Crippen LogP contribution in [-0.4, -0.2) is 13.7 Å². The number of para-hydroxylation sites is 6. The zero-order chi connectivity index (χ0) is 36.9. The van der Waals surface area contributed by atoms with E-state index in [2.05, 4.69) is 149 Å². The Morgan fingerprint density at radius 3 is 1.55 bits per heavy atom. The van der Waals surface area contributed by atoms with E-state index < -0.39 is 0 Å². The molecule has 0 aliphatic heterocycles. The lowest BCUT2D eigenvalue weighted by molar-refractivity contribution is 1.16. The second-order valence-electron chi connectivity index (χ2n) is 13.1. The number of hydrogen-bond acceptors (Lipinski definition) is 0. The van der Waals surface area contributed by atoms with E-state index in [1.807, 2.05) is 28.8 Å². The summed E-state index contributed by atoms with van der Waals surface area (Å²) in [5, 5.41) is 5.93. The van der Waals surface area contributed by atoms with E-state index in [1.54, 1.807) is 0 Å². The predicted molar refractivity (Wildman–Crippen MR) is 215 cm³/mol. The molecule has 0 radical (unpaired) electrons. The normalized spacial score (nSPS) is 13.0. The van der Waals surface area contributed by atoms with Crippen molar-refractivity contribution >= 4 is 65.4 Å². The van der Waals surface area contributed by atoms with E-state index in [-0.39, 0.29) is 24.2 Å². The maximum absolute atomic E-state index is 8.99. The molecule has 0 aliphatic rings. The molecule has 3 heteroatoms. The largest absolute Gasteiger partial charge is 0.309 e. The molecule has 0 unspecified atom stereocenters. The third-order valence-electron chi connectivity index (χ3n) is 10.4. The Bertz CT molecular complexity index is 3330. The summed E-state index contributed by atoms with van der Waals surface area (Å²) >= 11 is 0. The first-order chi connectivity index (χ1) is 27.0. The summed E-state index contributed by atoms with van der Waals surface area (Å²) in [4.78, 5) is 0. The summed E-state index contributed by atoms with van der Waals surface area (Å²) in [5.41, 5.74) is 11.0. The molecular formula is C48H31N3. The Kier molecular flexibility index (Phi) is 5.16. The molecule has 8 aromatic carbocycles. The van der Waals surface area contributed by atoms with E-state index in [0.29, 0.717) is 10.9 Å². The fourth-order valence-corrected chi connectivity index (χ4v) is 8.22. The molecule has 3 heterocycles. The molecule has 3 aromatic heterocycles. The van der Waals surface area contributed by atoms with Gasteiger partial charge >= 0.3 is 0 Å². The van der Waals surface area contributed by atoms with Crippen LogP contribution < -0.4 is 0 Å². The fraction of sp³-hybridized carbons (Fsp3) is 0. The van der Waals surface area contributed by atoms with Crippen LogP contribution in [0.4, 0.5) is 0 Å². The lowest BCUT2D eigenvalue weighted by Crippen LogP contribution is -1.99. The molecule has 0 aliphatic carbocycles. The second kappa shape index (κ2) is 10.8. The van der Waals surface area contributed by atoms with E-state index >= 15 is 0 Å². The van der Waals surface area contributed by atoms with Crippen LogP contribution in [0.1, 0.15) is 5.48 Å². The van der Waals surface area contributed by atoms with Gasteiger partial charge in [-0.1, -0.05) is 121 Å². The van der Waals surface area contributed by atoms with Crippen LogP contribution in [-0.2, 0) is 0 Å². The van der Waals surface area contributed by atoms with Crippen molar-refractivity contribution in [3.8, 4) is 28.2 Å². The average Bonchev–Trinajstić information content (AvgIpc) is 3.88. The van der Waals surface area contributed by atoms with Gasteiger partial charge in [0.05, 0.1) is 44.3 Å². The number of aromatic nitrogens is 3. The first kappa shape index (κ1) is 24.3. The Hall–Kier alpha value is -6.84. The quantitative estimate of drug-likeness (QED) is 0.180. The molecular weight excluding hydrogens is 619 g/mol. The van der Waals surface area contributed by atoms with Crippen molar-refractivity contribution in [1.82, 2.24) is 13.7 Å². The van der Waals surface area contributed by atoms with Crippen LogP contribution in [0.2, 0.25) is 0 Å². The van der Waals surface area contributed by atoms with Gasteiger partial charge in [0.25, 0.3) is 0 Å². The minimum Gasteiger partial charge on any atom is -0.309 e. The summed E-state index contributed by atoms with van der Waals surface area (Å²) in [7, 11) is 0. The van der Waals surface area contributed by atoms with Gasteiger partial charge in [-0.15, -0.1) is 0 Å². The van der Waals surface area contributed by atoms with E-state index in [1.165, 1.54) is 21.8 Å². The van der Waals surface area contributed by atoms with Crippen molar-refractivity contribution in [2.45, 2.75) is 0 Å². The second-order valence-corrected chi connectivity index (χ2v) is 13.1. The Labute approximate surface area is 300 Å². The van der Waals surface area contributed by atoms with Crippen LogP contribution in [0.5, 0.6) is 0 Å². The standard InChI is InChI=1S/C48H31N3/c1-7-22-42(35(16-1)32-14-13-15-33(30-32)49-43-23-8-2-17-36(43)37-18-3-9-24-44(37)49)51-47-27-12-6-21-40(47)41-31-34(28-29-48(41)51)50-45-25-10-4-19-38(45)39-20-5-11-26-46(39)50/h1-31H/i4D,10D,19D,25D. The van der Waals surface area contributed by atoms with Crippen molar-refractivity contribution in [3.63, 3.8) is 0 Å². The molecule has 11 aromatic rings. The number of fused-ring (bicyclic) bond motifs is 9. The molecule has 0 spiro atoms. The van der Waals surface area contributed by atoms with Gasteiger partial charge in [0.2, 0.25) is 0 Å². The number of nitrogens with zero attached hydrogens (tertiary/aromatic N) is 3. The highest BCUT2D eigenvalue weighted by Gasteiger charge is 2.19. The lowest BCUT2D eigenvalue weighted by atomic mass is 10.0. The molecule has 11 rings (SSSR count). The highest BCUT2D eigenvalue weighted by molar-refractivity contribution is 6.13. The molecule has 0 atom stereocenters. The number of rotatable bonds is 4. The summed E-state index contributed by atoms with van der Waals surface area (Å²) in [5.74, 6) is 0. The number of hydrogen-bond donors (Lipinski definition) is 0. The van der Waals surface area contributed by atoms with Gasteiger partial charge in [0.15, 0.2) is 0 Å². The molecule has 0 amide bonds. The van der Waals surface area contributed by atoms with Crippen LogP contribution in [0.25, 0.3) is 93.6 Å². The highest BCUT2D eigenvalue weighted by atomic mass is 15.0. The Morgan fingerprint density at radius 2 is 0.843 bits per heavy atom. The van der Waals surface area contributed by atoms with Crippen LogP contribution in [0, 0.1) is 0 Å². The molecule has 3 nitrogen and oxygen atoms in total. The van der Waals surface area contributed by atoms with E-state index in [0.717, 1.165) is 60.9 Å². The third-order valence-corrected chi connectivity index (χ3v) is 10.4. The van der Waals surface area contributed by atoms with Gasteiger partial charge in [-0.2, -0.15) is 0 Å². The van der Waals surface area contributed by atoms with Crippen molar-refractivity contribution in [2.75, 3.05) is 0 Å². The third kappa shape index (κ3) is 4.06. The van der Waals surface area contributed by atoms with Crippen molar-refractivity contribution in [1.29, 1.82) is 0 Å². The monoisotopic (exact) mass is 653 g/mol. The van der Waals surface area contributed by atoms with Crippen LogP contribution >= 0.6 is 0 Å². The SMILES string of the molecule is [2H]c1c([2H])c([2H])c2c(c1[2H])c1ccccc1n2-c1ccc2c(c1)c1ccccc1n2-c1ccccc1-c1cccc(-n2c3ccccc3c3ccccc32)c1. The molecule has 0 fully saturated rings. The fourth-order valence-electron chi connectivity index (χ4n) is 8.22. The van der Waals surface area contributed by atoms with E-state index in [9.17, 15) is 0 Å². The topological polar surface area (TPSA) is 14.8 Å². The highest BCUT2D eigenvalue weighted by Crippen LogP contribution is 2.40. The molecule has 238 valence electrons. The van der Waals surface area contributed by atoms with Gasteiger partial charge in [-0.25, -0.2) is 0 Å². The molecule has 0 saturated heterocycles. The van der Waals surface area contributed by atoms with Crippen molar-refractivity contribution in [3.05, 3.63) is 188 Å². The molecule has 0 N–H and O–H groups in total. The predicted octanol–water partition coefficient (Wildman–Crippen LogP) is 12.6. The zero-order valence-corrected chi connectivity index (χ0v) is 27.4. The summed E-state index contributed by atoms with van der Waals surface area (Å²) in [6.45, 7) is 0. The molecule has 0 saturated carbocycles. The van der Waals surface area contributed by atoms with Crippen LogP contribution in [0.3, 0.4) is 0 Å². The maximum atomic E-state index is 8.99. The van der Waals surface area contributed by atoms with Crippen molar-refractivity contribution in [2.24, 2.45) is 0 Å². The van der Waals surface area contributed by atoms with Gasteiger partial charge < -0.3 is 13.7 Å².